The summed E-state index contributed by atoms with van der Waals surface area (Å²) in [6, 6.07) is 12.0. The number of rotatable bonds is 3. The Kier molecular flexibility index (Phi) is 3.08. The molecule has 2 heterocycles. The van der Waals surface area contributed by atoms with Gasteiger partial charge in [0.2, 0.25) is 0 Å². The van der Waals surface area contributed by atoms with Crippen molar-refractivity contribution in [2.45, 2.75) is 4.90 Å². The van der Waals surface area contributed by atoms with Crippen LogP contribution in [0.2, 0.25) is 0 Å². The highest BCUT2D eigenvalue weighted by Gasteiger charge is 2.14. The van der Waals surface area contributed by atoms with Gasteiger partial charge in [-0.1, -0.05) is 6.07 Å². The van der Waals surface area contributed by atoms with Gasteiger partial charge >= 0.3 is 0 Å². The maximum absolute atomic E-state index is 12.2. The molecule has 3 aromatic rings. The van der Waals surface area contributed by atoms with E-state index in [1.807, 2.05) is 12.1 Å². The van der Waals surface area contributed by atoms with E-state index in [0.717, 1.165) is 10.9 Å². The molecule has 0 atom stereocenters. The molecule has 2 aromatic heterocycles. The van der Waals surface area contributed by atoms with Crippen LogP contribution in [0.1, 0.15) is 0 Å². The first-order valence-electron chi connectivity index (χ1n) is 5.93. The Labute approximate surface area is 116 Å². The number of fused-ring (bicyclic) bond motifs is 1. The van der Waals surface area contributed by atoms with Crippen LogP contribution < -0.4 is 4.72 Å². The summed E-state index contributed by atoms with van der Waals surface area (Å²) in [5.74, 6) is 0. The summed E-state index contributed by atoms with van der Waals surface area (Å²) in [6.07, 6.45) is 4.54. The van der Waals surface area contributed by atoms with Crippen molar-refractivity contribution in [3.63, 3.8) is 0 Å². The minimum Gasteiger partial charge on any atom is -0.280 e. The van der Waals surface area contributed by atoms with E-state index < -0.39 is 10.0 Å². The van der Waals surface area contributed by atoms with Crippen LogP contribution in [-0.2, 0) is 10.0 Å². The first kappa shape index (κ1) is 12.6. The van der Waals surface area contributed by atoms with E-state index in [-0.39, 0.29) is 4.90 Å². The Hall–Kier alpha value is -2.47. The third-order valence-corrected chi connectivity index (χ3v) is 4.17. The normalized spacial score (nSPS) is 11.4. The largest absolute Gasteiger partial charge is 0.280 e. The number of nitrogens with one attached hydrogen (secondary N) is 1. The Morgan fingerprint density at radius 2 is 1.85 bits per heavy atom. The van der Waals surface area contributed by atoms with E-state index in [2.05, 4.69) is 14.7 Å². The zero-order valence-electron chi connectivity index (χ0n) is 10.4. The molecule has 5 nitrogen and oxygen atoms in total. The summed E-state index contributed by atoms with van der Waals surface area (Å²) >= 11 is 0. The second-order valence-corrected chi connectivity index (χ2v) is 5.89. The molecular formula is C14H11N3O2S. The molecule has 0 aliphatic rings. The molecule has 0 saturated carbocycles. The van der Waals surface area contributed by atoms with Crippen molar-refractivity contribution in [3.8, 4) is 0 Å². The number of anilines is 1. The highest BCUT2D eigenvalue weighted by Crippen LogP contribution is 2.20. The van der Waals surface area contributed by atoms with Crippen molar-refractivity contribution < 1.29 is 8.42 Å². The molecule has 0 unspecified atom stereocenters. The summed E-state index contributed by atoms with van der Waals surface area (Å²) in [4.78, 5) is 8.13. The van der Waals surface area contributed by atoms with Gasteiger partial charge in [0.25, 0.3) is 10.0 Å². The van der Waals surface area contributed by atoms with Crippen LogP contribution in [0.4, 0.5) is 5.69 Å². The van der Waals surface area contributed by atoms with Crippen molar-refractivity contribution >= 4 is 26.6 Å². The van der Waals surface area contributed by atoms with Crippen LogP contribution in [0.5, 0.6) is 0 Å². The lowest BCUT2D eigenvalue weighted by Crippen LogP contribution is -2.13. The first-order chi connectivity index (χ1) is 9.65. The van der Waals surface area contributed by atoms with Crippen molar-refractivity contribution in [2.24, 2.45) is 0 Å². The van der Waals surface area contributed by atoms with Gasteiger partial charge in [0.1, 0.15) is 4.90 Å². The number of sulfonamides is 1. The number of pyridine rings is 2. The number of hydrogen-bond donors (Lipinski definition) is 1. The van der Waals surface area contributed by atoms with E-state index in [1.165, 1.54) is 18.5 Å². The van der Waals surface area contributed by atoms with E-state index >= 15 is 0 Å². The highest BCUT2D eigenvalue weighted by molar-refractivity contribution is 7.92. The maximum Gasteiger partial charge on any atom is 0.263 e. The molecule has 20 heavy (non-hydrogen) atoms. The zero-order valence-corrected chi connectivity index (χ0v) is 11.2. The van der Waals surface area contributed by atoms with Crippen molar-refractivity contribution in [1.82, 2.24) is 9.97 Å². The number of nitrogens with zero attached hydrogens (tertiary/aromatic N) is 2. The Morgan fingerprint density at radius 3 is 2.65 bits per heavy atom. The predicted molar refractivity (Wildman–Crippen MR) is 76.8 cm³/mol. The van der Waals surface area contributed by atoms with Crippen molar-refractivity contribution in [3.05, 3.63) is 61.1 Å². The second-order valence-electron chi connectivity index (χ2n) is 4.21. The third kappa shape index (κ3) is 2.46. The Balaban J connectivity index is 1.97. The lowest BCUT2D eigenvalue weighted by Gasteiger charge is -2.08. The molecule has 100 valence electrons. The average molecular weight is 285 g/mol. The lowest BCUT2D eigenvalue weighted by atomic mass is 10.2. The molecule has 6 heteroatoms. The van der Waals surface area contributed by atoms with Crippen LogP contribution in [-0.4, -0.2) is 18.4 Å². The molecule has 3 rings (SSSR count). The van der Waals surface area contributed by atoms with Gasteiger partial charge in [0.15, 0.2) is 0 Å². The molecule has 0 bridgehead atoms. The second kappa shape index (κ2) is 4.90. The van der Waals surface area contributed by atoms with Crippen LogP contribution in [0.25, 0.3) is 10.9 Å². The molecule has 0 amide bonds. The SMILES string of the molecule is O=S(=O)(Nc1ccc2ncccc2c1)c1cccnc1. The molecule has 0 aliphatic heterocycles. The fourth-order valence-corrected chi connectivity index (χ4v) is 2.87. The standard InChI is InChI=1S/C14H11N3O2S/c18-20(19,13-4-2-7-15-10-13)17-12-5-6-14-11(9-12)3-1-8-16-14/h1-10,17H. The molecular weight excluding hydrogens is 274 g/mol. The van der Waals surface area contributed by atoms with E-state index in [0.29, 0.717) is 5.69 Å². The zero-order chi connectivity index (χ0) is 14.0. The van der Waals surface area contributed by atoms with Gasteiger partial charge in [0, 0.05) is 29.7 Å². The van der Waals surface area contributed by atoms with Gasteiger partial charge in [0.05, 0.1) is 5.52 Å². The summed E-state index contributed by atoms with van der Waals surface area (Å²) in [7, 11) is -3.61. The van der Waals surface area contributed by atoms with E-state index in [4.69, 9.17) is 0 Å². The topological polar surface area (TPSA) is 72.0 Å². The molecule has 1 N–H and O–H groups in total. The summed E-state index contributed by atoms with van der Waals surface area (Å²) in [5.41, 5.74) is 1.31. The highest BCUT2D eigenvalue weighted by atomic mass is 32.2. The first-order valence-corrected chi connectivity index (χ1v) is 7.41. The molecule has 0 fully saturated rings. The summed E-state index contributed by atoms with van der Waals surface area (Å²) in [5, 5.41) is 0.874. The van der Waals surface area contributed by atoms with Crippen LogP contribution in [0.15, 0.2) is 66.0 Å². The molecule has 1 aromatic carbocycles. The number of aromatic nitrogens is 2. The molecule has 0 aliphatic carbocycles. The maximum atomic E-state index is 12.2. The minimum atomic E-state index is -3.61. The Bertz CT molecular complexity index is 848. The van der Waals surface area contributed by atoms with Gasteiger partial charge in [-0.05, 0) is 36.4 Å². The molecule has 0 radical (unpaired) electrons. The third-order valence-electron chi connectivity index (χ3n) is 2.80. The van der Waals surface area contributed by atoms with Gasteiger partial charge in [-0.2, -0.15) is 0 Å². The molecule has 0 spiro atoms. The van der Waals surface area contributed by atoms with E-state index in [1.54, 1.807) is 30.5 Å². The average Bonchev–Trinajstić information content (AvgIpc) is 2.48. The lowest BCUT2D eigenvalue weighted by molar-refractivity contribution is 0.601. The number of benzene rings is 1. The van der Waals surface area contributed by atoms with Crippen LogP contribution >= 0.6 is 0 Å². The fraction of sp³-hybridized carbons (Fsp3) is 0. The smallest absolute Gasteiger partial charge is 0.263 e. The monoisotopic (exact) mass is 285 g/mol. The van der Waals surface area contributed by atoms with Gasteiger partial charge in [-0.3, -0.25) is 14.7 Å². The van der Waals surface area contributed by atoms with Crippen molar-refractivity contribution in [1.29, 1.82) is 0 Å². The van der Waals surface area contributed by atoms with Crippen LogP contribution in [0.3, 0.4) is 0 Å². The minimum absolute atomic E-state index is 0.131. The van der Waals surface area contributed by atoms with Gasteiger partial charge < -0.3 is 0 Å². The van der Waals surface area contributed by atoms with Gasteiger partial charge in [-0.15, -0.1) is 0 Å². The summed E-state index contributed by atoms with van der Waals surface area (Å²) in [6.45, 7) is 0. The van der Waals surface area contributed by atoms with E-state index in [9.17, 15) is 8.42 Å². The quantitative estimate of drug-likeness (QED) is 0.802. The predicted octanol–water partition coefficient (Wildman–Crippen LogP) is 2.43. The van der Waals surface area contributed by atoms with Crippen LogP contribution in [0, 0.1) is 0 Å². The molecule has 0 saturated heterocycles. The summed E-state index contributed by atoms with van der Waals surface area (Å²) < 4.78 is 26.9. The number of hydrogen-bond acceptors (Lipinski definition) is 4. The van der Waals surface area contributed by atoms with Crippen molar-refractivity contribution in [2.75, 3.05) is 4.72 Å². The fourth-order valence-electron chi connectivity index (χ4n) is 1.86. The Morgan fingerprint density at radius 1 is 1.00 bits per heavy atom. The van der Waals surface area contributed by atoms with Gasteiger partial charge in [-0.25, -0.2) is 8.42 Å².